The zero-order chi connectivity index (χ0) is 7.98. The fourth-order valence-corrected chi connectivity index (χ4v) is 0.759. The van der Waals surface area contributed by atoms with Crippen molar-refractivity contribution in [3.8, 4) is 0 Å². The first-order chi connectivity index (χ1) is 4.83. The van der Waals surface area contributed by atoms with E-state index in [0.717, 1.165) is 18.9 Å². The number of hydrogen-bond acceptors (Lipinski definition) is 2. The third kappa shape index (κ3) is 2.85. The van der Waals surface area contributed by atoms with Crippen molar-refractivity contribution in [1.82, 2.24) is 0 Å². The van der Waals surface area contributed by atoms with Gasteiger partial charge in [-0.05, 0) is 6.42 Å². The predicted octanol–water partition coefficient (Wildman–Crippen LogP) is 2.24. The van der Waals surface area contributed by atoms with Gasteiger partial charge in [-0.2, -0.15) is 0 Å². The van der Waals surface area contributed by atoms with Crippen LogP contribution in [-0.2, 0) is 4.74 Å². The fraction of sp³-hybridized carbons (Fsp3) is 0.875. The monoisotopic (exact) mass is 143 g/mol. The van der Waals surface area contributed by atoms with E-state index in [4.69, 9.17) is 4.74 Å². The first kappa shape index (κ1) is 9.47. The van der Waals surface area contributed by atoms with Gasteiger partial charge in [0.2, 0.25) is 0 Å². The highest BCUT2D eigenvalue weighted by atomic mass is 16.5. The van der Waals surface area contributed by atoms with E-state index in [1.165, 1.54) is 0 Å². The third-order valence-corrected chi connectivity index (χ3v) is 1.31. The van der Waals surface area contributed by atoms with Gasteiger partial charge in [0.15, 0.2) is 5.90 Å². The van der Waals surface area contributed by atoms with Crippen LogP contribution in [0.5, 0.6) is 0 Å². The standard InChI is InChI=1S/C6H11NO.C2H6/c1-3-6-4-7-5(2)8-6;1-2/h6H,3-4H2,1-2H3;1-2H3. The molecule has 1 unspecified atom stereocenters. The van der Waals surface area contributed by atoms with E-state index >= 15 is 0 Å². The minimum atomic E-state index is 0.370. The van der Waals surface area contributed by atoms with Crippen molar-refractivity contribution in [2.45, 2.75) is 40.2 Å². The molecule has 1 atom stereocenters. The van der Waals surface area contributed by atoms with Gasteiger partial charge in [0.1, 0.15) is 6.10 Å². The maximum atomic E-state index is 5.26. The lowest BCUT2D eigenvalue weighted by molar-refractivity contribution is 0.218. The molecule has 0 saturated carbocycles. The van der Waals surface area contributed by atoms with E-state index in [1.54, 1.807) is 0 Å². The normalized spacial score (nSPS) is 22.4. The Hall–Kier alpha value is -0.530. The Labute approximate surface area is 63.3 Å². The van der Waals surface area contributed by atoms with Crippen LogP contribution in [0.4, 0.5) is 0 Å². The van der Waals surface area contributed by atoms with Crippen LogP contribution in [0, 0.1) is 0 Å². The van der Waals surface area contributed by atoms with Gasteiger partial charge >= 0.3 is 0 Å². The molecular weight excluding hydrogens is 126 g/mol. The first-order valence-corrected chi connectivity index (χ1v) is 4.00. The molecule has 10 heavy (non-hydrogen) atoms. The van der Waals surface area contributed by atoms with Crippen LogP contribution in [0.2, 0.25) is 0 Å². The van der Waals surface area contributed by atoms with Gasteiger partial charge in [0.25, 0.3) is 0 Å². The molecule has 0 aliphatic carbocycles. The average Bonchev–Trinajstić information content (AvgIpc) is 2.40. The zero-order valence-electron chi connectivity index (χ0n) is 7.35. The van der Waals surface area contributed by atoms with Gasteiger partial charge in [-0.15, -0.1) is 0 Å². The highest BCUT2D eigenvalue weighted by Crippen LogP contribution is 2.06. The van der Waals surface area contributed by atoms with Crippen molar-refractivity contribution in [2.75, 3.05) is 6.54 Å². The summed E-state index contributed by atoms with van der Waals surface area (Å²) in [5.74, 6) is 0.844. The van der Waals surface area contributed by atoms with Gasteiger partial charge in [-0.1, -0.05) is 20.8 Å². The minimum absolute atomic E-state index is 0.370. The van der Waals surface area contributed by atoms with Gasteiger partial charge in [0.05, 0.1) is 6.54 Å². The second-order valence-corrected chi connectivity index (χ2v) is 2.01. The van der Waals surface area contributed by atoms with E-state index in [0.29, 0.717) is 6.10 Å². The Bertz CT molecular complexity index is 110. The Morgan fingerprint density at radius 2 is 2.20 bits per heavy atom. The molecule has 0 aromatic carbocycles. The average molecular weight is 143 g/mol. The van der Waals surface area contributed by atoms with E-state index in [1.807, 2.05) is 20.8 Å². The van der Waals surface area contributed by atoms with Crippen molar-refractivity contribution in [3.05, 3.63) is 0 Å². The smallest absolute Gasteiger partial charge is 0.180 e. The molecule has 0 bridgehead atoms. The van der Waals surface area contributed by atoms with Gasteiger partial charge in [0, 0.05) is 6.92 Å². The van der Waals surface area contributed by atoms with Crippen molar-refractivity contribution >= 4 is 5.90 Å². The molecular formula is C8H17NO. The Morgan fingerprint density at radius 1 is 1.60 bits per heavy atom. The highest BCUT2D eigenvalue weighted by Gasteiger charge is 2.12. The third-order valence-electron chi connectivity index (χ3n) is 1.31. The molecule has 0 N–H and O–H groups in total. The summed E-state index contributed by atoms with van der Waals surface area (Å²) in [6, 6.07) is 0. The summed E-state index contributed by atoms with van der Waals surface area (Å²) in [4.78, 5) is 4.08. The van der Waals surface area contributed by atoms with E-state index in [2.05, 4.69) is 11.9 Å². The lowest BCUT2D eigenvalue weighted by Crippen LogP contribution is -2.09. The highest BCUT2D eigenvalue weighted by molar-refractivity contribution is 5.74. The molecule has 0 fully saturated rings. The molecule has 0 radical (unpaired) electrons. The maximum Gasteiger partial charge on any atom is 0.180 e. The SMILES string of the molecule is CC.CCC1CN=C(C)O1. The van der Waals surface area contributed by atoms with Crippen molar-refractivity contribution in [1.29, 1.82) is 0 Å². The molecule has 0 aromatic heterocycles. The van der Waals surface area contributed by atoms with Crippen LogP contribution in [0.1, 0.15) is 34.1 Å². The Balaban J connectivity index is 0.000000371. The molecule has 1 heterocycles. The Kier molecular flexibility index (Phi) is 4.99. The number of ether oxygens (including phenoxy) is 1. The second-order valence-electron chi connectivity index (χ2n) is 2.01. The molecule has 2 nitrogen and oxygen atoms in total. The summed E-state index contributed by atoms with van der Waals surface area (Å²) in [5, 5.41) is 0. The first-order valence-electron chi connectivity index (χ1n) is 4.00. The molecule has 1 aliphatic heterocycles. The number of hydrogen-bond donors (Lipinski definition) is 0. The molecule has 0 amide bonds. The van der Waals surface area contributed by atoms with Gasteiger partial charge in [-0.3, -0.25) is 4.99 Å². The topological polar surface area (TPSA) is 21.6 Å². The molecule has 0 aromatic rings. The summed E-state index contributed by atoms with van der Waals surface area (Å²) in [6.45, 7) is 8.87. The molecule has 1 aliphatic rings. The van der Waals surface area contributed by atoms with Crippen molar-refractivity contribution in [3.63, 3.8) is 0 Å². The summed E-state index contributed by atoms with van der Waals surface area (Å²) in [7, 11) is 0. The quantitative estimate of drug-likeness (QED) is 0.551. The lowest BCUT2D eigenvalue weighted by atomic mass is 10.3. The van der Waals surface area contributed by atoms with Crippen LogP contribution in [0.25, 0.3) is 0 Å². The van der Waals surface area contributed by atoms with Crippen LogP contribution in [0.3, 0.4) is 0 Å². The summed E-state index contributed by atoms with van der Waals surface area (Å²) in [5.41, 5.74) is 0. The van der Waals surface area contributed by atoms with Crippen molar-refractivity contribution < 1.29 is 4.74 Å². The van der Waals surface area contributed by atoms with E-state index in [-0.39, 0.29) is 0 Å². The van der Waals surface area contributed by atoms with Gasteiger partial charge in [-0.25, -0.2) is 0 Å². The number of nitrogens with zero attached hydrogens (tertiary/aromatic N) is 1. The summed E-state index contributed by atoms with van der Waals surface area (Å²) in [6.07, 6.45) is 1.44. The van der Waals surface area contributed by atoms with Crippen LogP contribution in [-0.4, -0.2) is 18.5 Å². The lowest BCUT2D eigenvalue weighted by Gasteiger charge is -2.04. The van der Waals surface area contributed by atoms with Crippen molar-refractivity contribution in [2.24, 2.45) is 4.99 Å². The summed E-state index contributed by atoms with van der Waals surface area (Å²) >= 11 is 0. The largest absolute Gasteiger partial charge is 0.476 e. The Morgan fingerprint density at radius 3 is 2.40 bits per heavy atom. The molecule has 0 spiro atoms. The molecule has 2 heteroatoms. The second kappa shape index (κ2) is 5.27. The van der Waals surface area contributed by atoms with Crippen LogP contribution < -0.4 is 0 Å². The summed E-state index contributed by atoms with van der Waals surface area (Å²) < 4.78 is 5.26. The maximum absolute atomic E-state index is 5.26. The zero-order valence-corrected chi connectivity index (χ0v) is 7.35. The molecule has 1 rings (SSSR count). The molecule has 60 valence electrons. The fourth-order valence-electron chi connectivity index (χ4n) is 0.759. The number of aliphatic imine (C=N–C) groups is 1. The van der Waals surface area contributed by atoms with E-state index < -0.39 is 0 Å². The van der Waals surface area contributed by atoms with Gasteiger partial charge < -0.3 is 4.74 Å². The molecule has 0 saturated heterocycles. The van der Waals surface area contributed by atoms with Crippen LogP contribution >= 0.6 is 0 Å². The van der Waals surface area contributed by atoms with Crippen LogP contribution in [0.15, 0.2) is 4.99 Å². The predicted molar refractivity (Wildman–Crippen MR) is 44.5 cm³/mol. The minimum Gasteiger partial charge on any atom is -0.476 e. The number of rotatable bonds is 1. The van der Waals surface area contributed by atoms with E-state index in [9.17, 15) is 0 Å².